The number of pyridine rings is 1. The highest BCUT2D eigenvalue weighted by molar-refractivity contribution is 8.26. The van der Waals surface area contributed by atoms with Crippen LogP contribution >= 0.6 is 24.0 Å². The highest BCUT2D eigenvalue weighted by Gasteiger charge is 2.21. The minimum Gasteiger partial charge on any atom is -0.481 e. The van der Waals surface area contributed by atoms with Gasteiger partial charge in [0.1, 0.15) is 4.32 Å². The van der Waals surface area contributed by atoms with Crippen molar-refractivity contribution in [1.82, 2.24) is 10.3 Å². The number of carbonyl (C=O) groups is 1. The summed E-state index contributed by atoms with van der Waals surface area (Å²) in [6.07, 6.45) is 1.82. The van der Waals surface area contributed by atoms with Gasteiger partial charge in [0.15, 0.2) is 0 Å². The molecule has 0 atom stereocenters. The summed E-state index contributed by atoms with van der Waals surface area (Å²) in [4.78, 5) is 16.7. The molecule has 6 heteroatoms. The largest absolute Gasteiger partial charge is 0.481 e. The molecule has 0 radical (unpaired) electrons. The van der Waals surface area contributed by atoms with Crippen LogP contribution in [0.1, 0.15) is 5.56 Å². The number of nitrogens with one attached hydrogen (secondary N) is 1. The number of methoxy groups -OCH3 is 1. The van der Waals surface area contributed by atoms with Gasteiger partial charge >= 0.3 is 0 Å². The van der Waals surface area contributed by atoms with E-state index < -0.39 is 0 Å². The number of thioether (sulfide) groups is 1. The number of thiocarbonyl (C=S) groups is 1. The fraction of sp³-hybridized carbons (Fsp3) is 0.0625. The molecule has 1 fully saturated rings. The monoisotopic (exact) mass is 328 g/mol. The lowest BCUT2D eigenvalue weighted by atomic mass is 10.1. The summed E-state index contributed by atoms with van der Waals surface area (Å²) in [7, 11) is 1.59. The van der Waals surface area contributed by atoms with Gasteiger partial charge in [-0.25, -0.2) is 4.98 Å². The zero-order valence-electron chi connectivity index (χ0n) is 11.7. The molecular weight excluding hydrogens is 316 g/mol. The maximum atomic E-state index is 11.7. The minimum absolute atomic E-state index is 0.153. The first-order valence-corrected chi connectivity index (χ1v) is 7.74. The molecule has 1 amide bonds. The van der Waals surface area contributed by atoms with Gasteiger partial charge in [-0.3, -0.25) is 4.79 Å². The summed E-state index contributed by atoms with van der Waals surface area (Å²) < 4.78 is 5.63. The Hall–Kier alpha value is -2.18. The zero-order chi connectivity index (χ0) is 15.5. The Morgan fingerprint density at radius 3 is 2.82 bits per heavy atom. The summed E-state index contributed by atoms with van der Waals surface area (Å²) >= 11 is 6.26. The molecule has 22 heavy (non-hydrogen) atoms. The van der Waals surface area contributed by atoms with Gasteiger partial charge in [0, 0.05) is 11.6 Å². The number of ether oxygens (including phenoxy) is 1. The second-order valence-corrected chi connectivity index (χ2v) is 6.26. The predicted octanol–water partition coefficient (Wildman–Crippen LogP) is 3.25. The molecule has 4 nitrogen and oxygen atoms in total. The highest BCUT2D eigenvalue weighted by Crippen LogP contribution is 2.27. The van der Waals surface area contributed by atoms with Crippen molar-refractivity contribution in [3.8, 4) is 17.1 Å². The number of carbonyl (C=O) groups excluding carboxylic acids is 1. The average molecular weight is 328 g/mol. The van der Waals surface area contributed by atoms with Crippen LogP contribution in [-0.2, 0) is 4.79 Å². The van der Waals surface area contributed by atoms with Crippen molar-refractivity contribution in [2.24, 2.45) is 0 Å². The van der Waals surface area contributed by atoms with E-state index in [2.05, 4.69) is 10.3 Å². The SMILES string of the molecule is COc1cccc(-c2cccc(C=C3SC(=S)NC3=O)c2)n1. The normalized spacial score (nSPS) is 16.0. The molecule has 3 rings (SSSR count). The molecule has 110 valence electrons. The Labute approximate surface area is 137 Å². The fourth-order valence-corrected chi connectivity index (χ4v) is 3.09. The van der Waals surface area contributed by atoms with Crippen molar-refractivity contribution in [2.45, 2.75) is 0 Å². The number of aromatic nitrogens is 1. The van der Waals surface area contributed by atoms with Crippen LogP contribution in [0.2, 0.25) is 0 Å². The fourth-order valence-electron chi connectivity index (χ4n) is 2.05. The number of rotatable bonds is 3. The van der Waals surface area contributed by atoms with Crippen LogP contribution in [0.25, 0.3) is 17.3 Å². The van der Waals surface area contributed by atoms with E-state index in [9.17, 15) is 4.79 Å². The highest BCUT2D eigenvalue weighted by atomic mass is 32.2. The Morgan fingerprint density at radius 2 is 2.09 bits per heavy atom. The first-order chi connectivity index (χ1) is 10.7. The third kappa shape index (κ3) is 3.18. The van der Waals surface area contributed by atoms with Crippen LogP contribution < -0.4 is 10.1 Å². The van der Waals surface area contributed by atoms with E-state index in [0.29, 0.717) is 15.1 Å². The average Bonchev–Trinajstić information content (AvgIpc) is 2.85. The molecule has 2 heterocycles. The minimum atomic E-state index is -0.153. The van der Waals surface area contributed by atoms with Gasteiger partial charge in [-0.2, -0.15) is 0 Å². The van der Waals surface area contributed by atoms with E-state index in [0.717, 1.165) is 16.8 Å². The first kappa shape index (κ1) is 14.7. The summed E-state index contributed by atoms with van der Waals surface area (Å²) in [5.41, 5.74) is 2.70. The molecule has 1 aromatic carbocycles. The van der Waals surface area contributed by atoms with Gasteiger partial charge in [0.2, 0.25) is 5.88 Å². The molecule has 1 saturated heterocycles. The van der Waals surface area contributed by atoms with Gasteiger partial charge in [-0.1, -0.05) is 48.2 Å². The Balaban J connectivity index is 1.94. The third-order valence-electron chi connectivity index (χ3n) is 3.05. The summed E-state index contributed by atoms with van der Waals surface area (Å²) in [5, 5.41) is 2.61. The van der Waals surface area contributed by atoms with Crippen molar-refractivity contribution in [3.63, 3.8) is 0 Å². The van der Waals surface area contributed by atoms with Crippen molar-refractivity contribution in [3.05, 3.63) is 52.9 Å². The molecule has 1 aromatic heterocycles. The molecule has 1 aliphatic heterocycles. The molecule has 1 N–H and O–H groups in total. The van der Waals surface area contributed by atoms with Crippen LogP contribution in [0.5, 0.6) is 5.88 Å². The molecule has 2 aromatic rings. The van der Waals surface area contributed by atoms with Crippen LogP contribution in [0.4, 0.5) is 0 Å². The van der Waals surface area contributed by atoms with Gasteiger partial charge in [0.25, 0.3) is 5.91 Å². The lowest BCUT2D eigenvalue weighted by molar-refractivity contribution is -0.115. The smallest absolute Gasteiger partial charge is 0.263 e. The topological polar surface area (TPSA) is 51.2 Å². The lowest BCUT2D eigenvalue weighted by Gasteiger charge is -2.05. The predicted molar refractivity (Wildman–Crippen MR) is 92.5 cm³/mol. The van der Waals surface area contributed by atoms with E-state index in [-0.39, 0.29) is 5.91 Å². The number of hydrogen-bond donors (Lipinski definition) is 1. The van der Waals surface area contributed by atoms with E-state index in [4.69, 9.17) is 17.0 Å². The van der Waals surface area contributed by atoms with Gasteiger partial charge in [-0.15, -0.1) is 0 Å². The van der Waals surface area contributed by atoms with E-state index in [1.54, 1.807) is 13.2 Å². The summed E-state index contributed by atoms with van der Waals surface area (Å²) in [5.74, 6) is 0.414. The van der Waals surface area contributed by atoms with Crippen LogP contribution in [0, 0.1) is 0 Å². The molecule has 0 spiro atoms. The first-order valence-electron chi connectivity index (χ1n) is 6.52. The summed E-state index contributed by atoms with van der Waals surface area (Å²) in [6, 6.07) is 13.4. The molecule has 0 saturated carbocycles. The van der Waals surface area contributed by atoms with Gasteiger partial charge in [0.05, 0.1) is 17.7 Å². The van der Waals surface area contributed by atoms with Crippen LogP contribution in [-0.4, -0.2) is 22.3 Å². The van der Waals surface area contributed by atoms with Crippen molar-refractivity contribution in [1.29, 1.82) is 0 Å². The second kappa shape index (κ2) is 6.29. The quantitative estimate of drug-likeness (QED) is 0.692. The standard InChI is InChI=1S/C16H12N2O2S2/c1-20-14-7-3-6-12(17-14)11-5-2-4-10(8-11)9-13-15(19)18-16(21)22-13/h2-9H,1H3,(H,18,19,21). The van der Waals surface area contributed by atoms with E-state index in [1.807, 2.05) is 42.5 Å². The second-order valence-electron chi connectivity index (χ2n) is 4.54. The molecule has 0 unspecified atom stereocenters. The third-order valence-corrected chi connectivity index (χ3v) is 4.22. The van der Waals surface area contributed by atoms with E-state index >= 15 is 0 Å². The number of benzene rings is 1. The van der Waals surface area contributed by atoms with Crippen LogP contribution in [0.3, 0.4) is 0 Å². The summed E-state index contributed by atoms with van der Waals surface area (Å²) in [6.45, 7) is 0. The van der Waals surface area contributed by atoms with Crippen molar-refractivity contribution in [2.75, 3.05) is 7.11 Å². The maximum absolute atomic E-state index is 11.7. The molecular formula is C16H12N2O2S2. The Kier molecular flexibility index (Phi) is 4.22. The van der Waals surface area contributed by atoms with Crippen molar-refractivity contribution < 1.29 is 9.53 Å². The van der Waals surface area contributed by atoms with E-state index in [1.165, 1.54) is 11.8 Å². The number of nitrogens with zero attached hydrogens (tertiary/aromatic N) is 1. The van der Waals surface area contributed by atoms with Gasteiger partial charge in [-0.05, 0) is 23.8 Å². The maximum Gasteiger partial charge on any atom is 0.263 e. The van der Waals surface area contributed by atoms with Crippen molar-refractivity contribution >= 4 is 40.3 Å². The Bertz CT molecular complexity index is 787. The molecule has 0 bridgehead atoms. The van der Waals surface area contributed by atoms with Crippen LogP contribution in [0.15, 0.2) is 47.4 Å². The molecule has 1 aliphatic rings. The number of hydrogen-bond acceptors (Lipinski definition) is 5. The lowest BCUT2D eigenvalue weighted by Crippen LogP contribution is -2.17. The zero-order valence-corrected chi connectivity index (χ0v) is 13.3. The molecule has 0 aliphatic carbocycles. The van der Waals surface area contributed by atoms with Gasteiger partial charge < -0.3 is 10.1 Å². The Morgan fingerprint density at radius 1 is 1.27 bits per heavy atom. The number of amides is 1.